The maximum atomic E-state index is 12.7. The number of H-pyrrole nitrogens is 1. The minimum absolute atomic E-state index is 0.201. The number of fused-ring (bicyclic) bond motifs is 1. The number of hydrogen-bond acceptors (Lipinski definition) is 4. The number of aromatic amines is 1. The molecule has 0 radical (unpaired) electrons. The van der Waals surface area contributed by atoms with Gasteiger partial charge in [-0.25, -0.2) is 0 Å². The highest BCUT2D eigenvalue weighted by Crippen LogP contribution is 2.30. The average Bonchev–Trinajstić information content (AvgIpc) is 3.41. The molecule has 3 aromatic rings. The summed E-state index contributed by atoms with van der Waals surface area (Å²) in [5, 5.41) is 10.5. The van der Waals surface area contributed by atoms with E-state index in [9.17, 15) is 22.8 Å². The number of likely N-dealkylation sites (tertiary alicyclic amines) is 1. The molecule has 2 amide bonds. The SMILES string of the molecule is NC(C(=O)N1CCC(C(=O)Nc2ccc3[nH]ncc3c2)C1)c1ccc(C(F)(F)F)cc1. The predicted molar refractivity (Wildman–Crippen MR) is 108 cm³/mol. The first-order chi connectivity index (χ1) is 14.7. The van der Waals surface area contributed by atoms with E-state index in [2.05, 4.69) is 15.5 Å². The van der Waals surface area contributed by atoms with Gasteiger partial charge in [0.15, 0.2) is 0 Å². The predicted octanol–water partition coefficient (Wildman–Crippen LogP) is 3.07. The number of carbonyl (C=O) groups excluding carboxylic acids is 2. The van der Waals surface area contributed by atoms with Gasteiger partial charge in [-0.3, -0.25) is 14.7 Å². The van der Waals surface area contributed by atoms with E-state index in [1.807, 2.05) is 6.07 Å². The summed E-state index contributed by atoms with van der Waals surface area (Å²) >= 11 is 0. The monoisotopic (exact) mass is 431 g/mol. The molecule has 0 saturated carbocycles. The van der Waals surface area contributed by atoms with Crippen molar-refractivity contribution in [3.63, 3.8) is 0 Å². The second kappa shape index (κ2) is 8.03. The fraction of sp³-hybridized carbons (Fsp3) is 0.286. The van der Waals surface area contributed by atoms with Crippen molar-refractivity contribution in [3.8, 4) is 0 Å². The second-order valence-electron chi connectivity index (χ2n) is 7.53. The lowest BCUT2D eigenvalue weighted by Gasteiger charge is -2.21. The van der Waals surface area contributed by atoms with Gasteiger partial charge >= 0.3 is 6.18 Å². The lowest BCUT2D eigenvalue weighted by atomic mass is 10.0. The van der Waals surface area contributed by atoms with Crippen LogP contribution in [0.4, 0.5) is 18.9 Å². The zero-order valence-electron chi connectivity index (χ0n) is 16.3. The van der Waals surface area contributed by atoms with Gasteiger partial charge < -0.3 is 16.0 Å². The van der Waals surface area contributed by atoms with Gasteiger partial charge in [-0.1, -0.05) is 12.1 Å². The van der Waals surface area contributed by atoms with Crippen molar-refractivity contribution >= 4 is 28.4 Å². The van der Waals surface area contributed by atoms with Crippen LogP contribution in [0, 0.1) is 5.92 Å². The Morgan fingerprint density at radius 2 is 1.94 bits per heavy atom. The number of anilines is 1. The molecule has 1 aliphatic rings. The highest BCUT2D eigenvalue weighted by Gasteiger charge is 2.34. The highest BCUT2D eigenvalue weighted by molar-refractivity contribution is 5.95. The van der Waals surface area contributed by atoms with Crippen LogP contribution in [0.3, 0.4) is 0 Å². The average molecular weight is 431 g/mol. The summed E-state index contributed by atoms with van der Waals surface area (Å²) in [6, 6.07) is 8.50. The number of hydrogen-bond donors (Lipinski definition) is 3. The Balaban J connectivity index is 1.37. The number of alkyl halides is 3. The number of benzene rings is 2. The molecule has 7 nitrogen and oxygen atoms in total. The number of carbonyl (C=O) groups is 2. The number of nitrogens with one attached hydrogen (secondary N) is 2. The van der Waals surface area contributed by atoms with Crippen LogP contribution in [0.5, 0.6) is 0 Å². The molecule has 0 aliphatic carbocycles. The molecule has 1 saturated heterocycles. The summed E-state index contributed by atoms with van der Waals surface area (Å²) in [7, 11) is 0. The van der Waals surface area contributed by atoms with Crippen LogP contribution in [0.2, 0.25) is 0 Å². The van der Waals surface area contributed by atoms with Crippen LogP contribution in [0.15, 0.2) is 48.7 Å². The first kappa shape index (κ1) is 20.9. The Hall–Kier alpha value is -3.40. The van der Waals surface area contributed by atoms with Crippen LogP contribution >= 0.6 is 0 Å². The van der Waals surface area contributed by atoms with E-state index in [1.54, 1.807) is 18.3 Å². The fourth-order valence-corrected chi connectivity index (χ4v) is 3.66. The van der Waals surface area contributed by atoms with Crippen molar-refractivity contribution in [2.45, 2.75) is 18.6 Å². The van der Waals surface area contributed by atoms with E-state index in [4.69, 9.17) is 5.73 Å². The summed E-state index contributed by atoms with van der Waals surface area (Å²) in [5.41, 5.74) is 6.96. The molecule has 0 spiro atoms. The third-order valence-electron chi connectivity index (χ3n) is 5.44. The Morgan fingerprint density at radius 1 is 1.19 bits per heavy atom. The summed E-state index contributed by atoms with van der Waals surface area (Å²) < 4.78 is 38.1. The third kappa shape index (κ3) is 4.38. The minimum atomic E-state index is -4.45. The summed E-state index contributed by atoms with van der Waals surface area (Å²) in [6.07, 6.45) is -2.32. The first-order valence-corrected chi connectivity index (χ1v) is 9.68. The van der Waals surface area contributed by atoms with Crippen molar-refractivity contribution in [2.75, 3.05) is 18.4 Å². The first-order valence-electron chi connectivity index (χ1n) is 9.68. The number of aromatic nitrogens is 2. The van der Waals surface area contributed by atoms with Crippen molar-refractivity contribution in [3.05, 3.63) is 59.8 Å². The molecule has 4 N–H and O–H groups in total. The Morgan fingerprint density at radius 3 is 2.65 bits per heavy atom. The Bertz CT molecular complexity index is 1110. The molecule has 2 aromatic carbocycles. The van der Waals surface area contributed by atoms with Crippen molar-refractivity contribution in [1.29, 1.82) is 0 Å². The number of amides is 2. The van der Waals surface area contributed by atoms with Gasteiger partial charge in [0.25, 0.3) is 0 Å². The number of nitrogens with zero attached hydrogens (tertiary/aromatic N) is 2. The maximum Gasteiger partial charge on any atom is 0.416 e. The molecule has 2 heterocycles. The lowest BCUT2D eigenvalue weighted by Crippen LogP contribution is -2.38. The normalized spacial score (nSPS) is 17.7. The molecule has 162 valence electrons. The molecule has 10 heteroatoms. The van der Waals surface area contributed by atoms with Gasteiger partial charge in [0.05, 0.1) is 23.2 Å². The van der Waals surface area contributed by atoms with E-state index in [0.717, 1.165) is 23.0 Å². The summed E-state index contributed by atoms with van der Waals surface area (Å²) in [4.78, 5) is 26.8. The van der Waals surface area contributed by atoms with Gasteiger partial charge in [0.1, 0.15) is 6.04 Å². The van der Waals surface area contributed by atoms with E-state index in [-0.39, 0.29) is 12.5 Å². The van der Waals surface area contributed by atoms with Crippen LogP contribution < -0.4 is 11.1 Å². The van der Waals surface area contributed by atoms with Crippen molar-refractivity contribution in [2.24, 2.45) is 11.7 Å². The maximum absolute atomic E-state index is 12.7. The van der Waals surface area contributed by atoms with E-state index in [0.29, 0.717) is 24.2 Å². The largest absolute Gasteiger partial charge is 0.416 e. The molecule has 2 atom stereocenters. The van der Waals surface area contributed by atoms with Crippen LogP contribution in [0.25, 0.3) is 10.9 Å². The Labute approximate surface area is 175 Å². The van der Waals surface area contributed by atoms with Crippen LogP contribution in [0.1, 0.15) is 23.6 Å². The molecule has 1 fully saturated rings. The van der Waals surface area contributed by atoms with Gasteiger partial charge in [-0.2, -0.15) is 18.3 Å². The fourth-order valence-electron chi connectivity index (χ4n) is 3.66. The number of halogens is 3. The smallest absolute Gasteiger partial charge is 0.340 e. The molecule has 2 unspecified atom stereocenters. The van der Waals surface area contributed by atoms with E-state index < -0.39 is 29.6 Å². The number of rotatable bonds is 4. The molecule has 4 rings (SSSR count). The van der Waals surface area contributed by atoms with Crippen molar-refractivity contribution < 1.29 is 22.8 Å². The second-order valence-corrected chi connectivity index (χ2v) is 7.53. The van der Waals surface area contributed by atoms with Gasteiger partial charge in [-0.05, 0) is 42.3 Å². The summed E-state index contributed by atoms with van der Waals surface area (Å²) in [6.45, 7) is 0.555. The molecule has 1 aliphatic heterocycles. The molecule has 0 bridgehead atoms. The van der Waals surface area contributed by atoms with E-state index in [1.165, 1.54) is 17.0 Å². The van der Waals surface area contributed by atoms with Crippen LogP contribution in [-0.4, -0.2) is 40.0 Å². The van der Waals surface area contributed by atoms with Gasteiger partial charge in [-0.15, -0.1) is 0 Å². The van der Waals surface area contributed by atoms with Gasteiger partial charge in [0, 0.05) is 24.2 Å². The molecular formula is C21H20F3N5O2. The summed E-state index contributed by atoms with van der Waals surface area (Å²) in [5.74, 6) is -1.03. The lowest BCUT2D eigenvalue weighted by molar-refractivity contribution is -0.137. The topological polar surface area (TPSA) is 104 Å². The molecular weight excluding hydrogens is 411 g/mol. The molecule has 1 aromatic heterocycles. The van der Waals surface area contributed by atoms with Crippen molar-refractivity contribution in [1.82, 2.24) is 15.1 Å². The highest BCUT2D eigenvalue weighted by atomic mass is 19.4. The number of nitrogens with two attached hydrogens (primary N) is 1. The Kier molecular flexibility index (Phi) is 5.40. The quantitative estimate of drug-likeness (QED) is 0.591. The standard InChI is InChI=1S/C21H20F3N5O2/c22-21(23,24)15-3-1-12(2-4-15)18(25)20(31)29-8-7-13(11-29)19(30)27-16-5-6-17-14(9-16)10-26-28-17/h1-6,9-10,13,18H,7-8,11,25H2,(H,26,28)(H,27,30). The zero-order valence-corrected chi connectivity index (χ0v) is 16.3. The van der Waals surface area contributed by atoms with Crippen LogP contribution in [-0.2, 0) is 15.8 Å². The zero-order chi connectivity index (χ0) is 22.2. The minimum Gasteiger partial charge on any atom is -0.340 e. The molecule has 31 heavy (non-hydrogen) atoms. The van der Waals surface area contributed by atoms with Gasteiger partial charge in [0.2, 0.25) is 11.8 Å². The van der Waals surface area contributed by atoms with E-state index >= 15 is 0 Å². The third-order valence-corrected chi connectivity index (χ3v) is 5.44.